The zero-order chi connectivity index (χ0) is 16.6. The molecule has 3 heterocycles. The van der Waals surface area contributed by atoms with Crippen molar-refractivity contribution in [1.82, 2.24) is 19.5 Å². The molecule has 5 nitrogen and oxygen atoms in total. The smallest absolute Gasteiger partial charge is 0.377 e. The van der Waals surface area contributed by atoms with Crippen molar-refractivity contribution in [3.8, 4) is 0 Å². The maximum atomic E-state index is 12.5. The number of aromatic nitrogens is 3. The third-order valence-electron chi connectivity index (χ3n) is 3.69. The molecule has 1 aliphatic heterocycles. The van der Waals surface area contributed by atoms with Crippen LogP contribution >= 0.6 is 11.3 Å². The number of hydrogen-bond donors (Lipinski definition) is 0. The summed E-state index contributed by atoms with van der Waals surface area (Å²) in [6, 6.07) is 0. The molecular weight excluding hydrogens is 329 g/mol. The fourth-order valence-electron chi connectivity index (χ4n) is 2.70. The molecule has 126 valence electrons. The molecule has 2 aromatic rings. The highest BCUT2D eigenvalue weighted by Crippen LogP contribution is 2.29. The Morgan fingerprint density at radius 2 is 2.22 bits per heavy atom. The predicted molar refractivity (Wildman–Crippen MR) is 80.0 cm³/mol. The second-order valence-corrected chi connectivity index (χ2v) is 6.66. The molecule has 0 saturated heterocycles. The minimum absolute atomic E-state index is 0.362. The van der Waals surface area contributed by atoms with Gasteiger partial charge in [-0.3, -0.25) is 0 Å². The van der Waals surface area contributed by atoms with E-state index in [-0.39, 0.29) is 0 Å². The molecule has 0 fully saturated rings. The number of imidazole rings is 1. The third kappa shape index (κ3) is 3.66. The highest BCUT2D eigenvalue weighted by molar-refractivity contribution is 7.16. The first-order valence-corrected chi connectivity index (χ1v) is 7.99. The van der Waals surface area contributed by atoms with E-state index in [1.54, 1.807) is 23.9 Å². The largest absolute Gasteiger partial charge is 0.389 e. The summed E-state index contributed by atoms with van der Waals surface area (Å²) in [6.45, 7) is 3.17. The van der Waals surface area contributed by atoms with Crippen molar-refractivity contribution in [3.05, 3.63) is 28.7 Å². The summed E-state index contributed by atoms with van der Waals surface area (Å²) in [6.07, 6.45) is -1.56. The second kappa shape index (κ2) is 6.12. The van der Waals surface area contributed by atoms with E-state index in [0.717, 1.165) is 21.4 Å². The Hall–Kier alpha value is -1.61. The van der Waals surface area contributed by atoms with Crippen molar-refractivity contribution in [2.45, 2.75) is 32.7 Å². The van der Waals surface area contributed by atoms with Crippen LogP contribution in [0.4, 0.5) is 13.2 Å². The van der Waals surface area contributed by atoms with Gasteiger partial charge in [-0.2, -0.15) is 18.3 Å². The zero-order valence-electron chi connectivity index (χ0n) is 12.8. The van der Waals surface area contributed by atoms with Gasteiger partial charge in [0.25, 0.3) is 0 Å². The minimum atomic E-state index is -4.13. The van der Waals surface area contributed by atoms with Gasteiger partial charge >= 0.3 is 6.18 Å². The van der Waals surface area contributed by atoms with Gasteiger partial charge in [0.15, 0.2) is 0 Å². The molecular formula is C14H17F3N4OS. The average Bonchev–Trinajstić information content (AvgIpc) is 3.07. The Bertz CT molecular complexity index is 721. The topological polar surface area (TPSA) is 42.7 Å². The monoisotopic (exact) mass is 346 g/mol. The van der Waals surface area contributed by atoms with Gasteiger partial charge in [-0.1, -0.05) is 17.4 Å². The van der Waals surface area contributed by atoms with Crippen LogP contribution < -0.4 is 0 Å². The molecule has 1 aliphatic rings. The van der Waals surface area contributed by atoms with Crippen molar-refractivity contribution < 1.29 is 17.9 Å². The number of fused-ring (bicyclic) bond motifs is 1. The Balaban J connectivity index is 1.72. The summed E-state index contributed by atoms with van der Waals surface area (Å²) in [5.74, 6) is -0.488. The maximum Gasteiger partial charge on any atom is 0.389 e. The van der Waals surface area contributed by atoms with E-state index in [4.69, 9.17) is 4.74 Å². The minimum Gasteiger partial charge on any atom is -0.377 e. The Morgan fingerprint density at radius 1 is 1.43 bits per heavy atom. The third-order valence-corrected chi connectivity index (χ3v) is 4.57. The number of hydrogen-bond acceptors (Lipinski definition) is 5. The van der Waals surface area contributed by atoms with Crippen molar-refractivity contribution in [2.75, 3.05) is 13.7 Å². The van der Waals surface area contributed by atoms with Gasteiger partial charge < -0.3 is 9.64 Å². The number of rotatable bonds is 5. The van der Waals surface area contributed by atoms with Crippen molar-refractivity contribution in [3.63, 3.8) is 0 Å². The Morgan fingerprint density at radius 3 is 2.91 bits per heavy atom. The average molecular weight is 346 g/mol. The quantitative estimate of drug-likeness (QED) is 0.834. The summed E-state index contributed by atoms with van der Waals surface area (Å²) in [4.78, 5) is 7.12. The number of methoxy groups -OCH3 is 1. The highest BCUT2D eigenvalue weighted by Gasteiger charge is 2.33. The first-order valence-electron chi connectivity index (χ1n) is 7.17. The molecule has 0 saturated carbocycles. The van der Waals surface area contributed by atoms with E-state index < -0.39 is 18.5 Å². The number of alkyl halides is 3. The maximum absolute atomic E-state index is 12.5. The SMILES string of the molecule is COCc1nn2c(CN3C=CC(CC(F)(F)F)C3)c(C)nc2s1. The van der Waals surface area contributed by atoms with Crippen LogP contribution in [0.25, 0.3) is 4.96 Å². The zero-order valence-corrected chi connectivity index (χ0v) is 13.6. The molecule has 0 N–H and O–H groups in total. The molecule has 23 heavy (non-hydrogen) atoms. The fraction of sp³-hybridized carbons (Fsp3) is 0.571. The van der Waals surface area contributed by atoms with Crippen LogP contribution in [-0.4, -0.2) is 39.3 Å². The van der Waals surface area contributed by atoms with Crippen molar-refractivity contribution in [2.24, 2.45) is 5.92 Å². The normalized spacial score (nSPS) is 18.5. The van der Waals surface area contributed by atoms with Gasteiger partial charge in [0.2, 0.25) is 4.96 Å². The van der Waals surface area contributed by atoms with Gasteiger partial charge in [0.1, 0.15) is 5.01 Å². The summed E-state index contributed by atoms with van der Waals surface area (Å²) in [7, 11) is 1.60. The molecule has 0 aromatic carbocycles. The van der Waals surface area contributed by atoms with Crippen LogP contribution in [0.5, 0.6) is 0 Å². The predicted octanol–water partition coefficient (Wildman–Crippen LogP) is 3.14. The lowest BCUT2D eigenvalue weighted by molar-refractivity contribution is -0.141. The van der Waals surface area contributed by atoms with E-state index in [2.05, 4.69) is 10.1 Å². The summed E-state index contributed by atoms with van der Waals surface area (Å²) in [5, 5.41) is 5.28. The molecule has 2 aromatic heterocycles. The molecule has 1 unspecified atom stereocenters. The molecule has 1 atom stereocenters. The highest BCUT2D eigenvalue weighted by atomic mass is 32.1. The van der Waals surface area contributed by atoms with Crippen molar-refractivity contribution in [1.29, 1.82) is 0 Å². The Labute approximate surface area is 135 Å². The standard InChI is InChI=1S/C14H17F3N4OS/c1-9-11(21-13(18-9)23-12(19-21)8-22-2)7-20-4-3-10(6-20)5-14(15,16)17/h3-4,10H,5-8H2,1-2H3. The fourth-order valence-corrected chi connectivity index (χ4v) is 3.63. The Kier molecular flexibility index (Phi) is 4.33. The first kappa shape index (κ1) is 16.3. The second-order valence-electron chi connectivity index (χ2n) is 5.62. The van der Waals surface area contributed by atoms with E-state index in [1.165, 1.54) is 11.3 Å². The number of halogens is 3. The van der Waals surface area contributed by atoms with Gasteiger partial charge in [-0.25, -0.2) is 9.50 Å². The molecule has 0 radical (unpaired) electrons. The van der Waals surface area contributed by atoms with E-state index in [1.807, 2.05) is 11.8 Å². The lowest BCUT2D eigenvalue weighted by Gasteiger charge is -2.18. The van der Waals surface area contributed by atoms with E-state index >= 15 is 0 Å². The molecule has 0 amide bonds. The van der Waals surface area contributed by atoms with Gasteiger partial charge in [0, 0.05) is 19.6 Å². The molecule has 0 aliphatic carbocycles. The number of ether oxygens (including phenoxy) is 1. The lowest BCUT2D eigenvalue weighted by atomic mass is 10.1. The summed E-state index contributed by atoms with van der Waals surface area (Å²) >= 11 is 1.45. The number of aryl methyl sites for hydroxylation is 1. The summed E-state index contributed by atoms with van der Waals surface area (Å²) in [5.41, 5.74) is 1.75. The van der Waals surface area contributed by atoms with Gasteiger partial charge in [0.05, 0.1) is 31.0 Å². The van der Waals surface area contributed by atoms with Crippen molar-refractivity contribution >= 4 is 16.3 Å². The van der Waals surface area contributed by atoms with Crippen LogP contribution in [-0.2, 0) is 17.9 Å². The first-order chi connectivity index (χ1) is 10.9. The molecule has 0 spiro atoms. The van der Waals surface area contributed by atoms with Crippen LogP contribution in [0.2, 0.25) is 0 Å². The van der Waals surface area contributed by atoms with Crippen LogP contribution in [0.3, 0.4) is 0 Å². The summed E-state index contributed by atoms with van der Waals surface area (Å²) < 4.78 is 44.3. The molecule has 9 heteroatoms. The number of nitrogens with zero attached hydrogens (tertiary/aromatic N) is 4. The van der Waals surface area contributed by atoms with Crippen LogP contribution in [0.1, 0.15) is 22.8 Å². The van der Waals surface area contributed by atoms with E-state index in [9.17, 15) is 13.2 Å². The van der Waals surface area contributed by atoms with Gasteiger partial charge in [-0.05, 0) is 13.1 Å². The van der Waals surface area contributed by atoms with Crippen LogP contribution in [0.15, 0.2) is 12.3 Å². The van der Waals surface area contributed by atoms with Gasteiger partial charge in [-0.15, -0.1) is 0 Å². The molecule has 3 rings (SSSR count). The van der Waals surface area contributed by atoms with Crippen LogP contribution in [0, 0.1) is 12.8 Å². The lowest BCUT2D eigenvalue weighted by Crippen LogP contribution is -2.22. The van der Waals surface area contributed by atoms with E-state index in [0.29, 0.717) is 19.7 Å². The molecule has 0 bridgehead atoms.